The van der Waals surface area contributed by atoms with Crippen molar-refractivity contribution in [2.24, 2.45) is 11.8 Å². The molecule has 0 aromatic carbocycles. The summed E-state index contributed by atoms with van der Waals surface area (Å²) in [6.07, 6.45) is 1.12. The molecule has 2 saturated heterocycles. The molecule has 8 heteroatoms. The molecule has 2 aliphatic heterocycles. The highest BCUT2D eigenvalue weighted by atomic mass is 16.4. The van der Waals surface area contributed by atoms with Crippen LogP contribution in [0.2, 0.25) is 0 Å². The van der Waals surface area contributed by atoms with Crippen molar-refractivity contribution in [3.05, 3.63) is 0 Å². The van der Waals surface area contributed by atoms with Gasteiger partial charge in [0, 0.05) is 13.1 Å². The number of urea groups is 1. The number of carboxylic acid groups (broad SMARTS) is 1. The summed E-state index contributed by atoms with van der Waals surface area (Å²) >= 11 is 0. The quantitative estimate of drug-likeness (QED) is 0.556. The van der Waals surface area contributed by atoms with Crippen LogP contribution in [0.5, 0.6) is 0 Å². The Morgan fingerprint density at radius 1 is 1.20 bits per heavy atom. The van der Waals surface area contributed by atoms with E-state index in [0.29, 0.717) is 32.4 Å². The van der Waals surface area contributed by atoms with Crippen molar-refractivity contribution in [3.63, 3.8) is 0 Å². The minimum Gasteiger partial charge on any atom is -0.481 e. The normalized spacial score (nSPS) is 30.9. The fourth-order valence-corrected chi connectivity index (χ4v) is 2.96. The maximum atomic E-state index is 12.1. The minimum atomic E-state index is -0.931. The zero-order valence-corrected chi connectivity index (χ0v) is 10.7. The molecule has 108 valence electrons. The van der Waals surface area contributed by atoms with E-state index in [-0.39, 0.29) is 11.8 Å². The van der Waals surface area contributed by atoms with Gasteiger partial charge in [0.05, 0.1) is 11.8 Å². The monoisotopic (exact) mass is 281 g/mol. The van der Waals surface area contributed by atoms with Gasteiger partial charge in [-0.05, 0) is 19.3 Å². The van der Waals surface area contributed by atoms with Gasteiger partial charge in [-0.2, -0.15) is 0 Å². The van der Waals surface area contributed by atoms with E-state index in [1.807, 2.05) is 0 Å². The van der Waals surface area contributed by atoms with E-state index in [2.05, 4.69) is 10.6 Å². The number of hydrogen-bond acceptors (Lipinski definition) is 4. The van der Waals surface area contributed by atoms with Gasteiger partial charge in [-0.25, -0.2) is 4.79 Å². The molecule has 1 spiro atoms. The third-order valence-corrected chi connectivity index (χ3v) is 4.37. The van der Waals surface area contributed by atoms with E-state index >= 15 is 0 Å². The van der Waals surface area contributed by atoms with Crippen LogP contribution in [0.15, 0.2) is 0 Å². The lowest BCUT2D eigenvalue weighted by Gasteiger charge is -2.37. The topological polar surface area (TPSA) is 116 Å². The van der Waals surface area contributed by atoms with E-state index in [9.17, 15) is 19.2 Å². The summed E-state index contributed by atoms with van der Waals surface area (Å²) in [6, 6.07) is -0.497. The van der Waals surface area contributed by atoms with Crippen LogP contribution < -0.4 is 10.6 Å². The van der Waals surface area contributed by atoms with Crippen molar-refractivity contribution in [2.45, 2.75) is 24.8 Å². The molecule has 1 saturated carbocycles. The summed E-state index contributed by atoms with van der Waals surface area (Å²) in [7, 11) is 0. The fraction of sp³-hybridized carbons (Fsp3) is 0.667. The number of imide groups is 1. The van der Waals surface area contributed by atoms with E-state index in [0.717, 1.165) is 0 Å². The Morgan fingerprint density at radius 3 is 2.30 bits per heavy atom. The highest BCUT2D eigenvalue weighted by Crippen LogP contribution is 2.41. The highest BCUT2D eigenvalue weighted by Gasteiger charge is 2.53. The van der Waals surface area contributed by atoms with Gasteiger partial charge in [0.1, 0.15) is 5.54 Å². The van der Waals surface area contributed by atoms with Crippen molar-refractivity contribution in [2.75, 3.05) is 13.1 Å². The van der Waals surface area contributed by atoms with Gasteiger partial charge in [-0.15, -0.1) is 0 Å². The van der Waals surface area contributed by atoms with Crippen molar-refractivity contribution in [3.8, 4) is 0 Å². The Hall–Kier alpha value is -2.12. The second-order valence-corrected chi connectivity index (χ2v) is 5.60. The molecule has 3 rings (SSSR count). The van der Waals surface area contributed by atoms with Gasteiger partial charge >= 0.3 is 12.0 Å². The van der Waals surface area contributed by atoms with Crippen LogP contribution in [0, 0.1) is 11.8 Å². The van der Waals surface area contributed by atoms with Gasteiger partial charge in [0.15, 0.2) is 0 Å². The zero-order chi connectivity index (χ0) is 14.5. The van der Waals surface area contributed by atoms with Crippen LogP contribution >= 0.6 is 0 Å². The Morgan fingerprint density at radius 2 is 1.85 bits per heavy atom. The molecule has 0 bridgehead atoms. The first kappa shape index (κ1) is 12.9. The average molecular weight is 281 g/mol. The predicted octanol–water partition coefficient (Wildman–Crippen LogP) is -1.09. The highest BCUT2D eigenvalue weighted by molar-refractivity contribution is 6.07. The molecular weight excluding hydrogens is 266 g/mol. The zero-order valence-electron chi connectivity index (χ0n) is 10.7. The van der Waals surface area contributed by atoms with E-state index in [1.165, 1.54) is 0 Å². The second-order valence-electron chi connectivity index (χ2n) is 5.60. The van der Waals surface area contributed by atoms with Gasteiger partial charge in [-0.1, -0.05) is 0 Å². The molecule has 2 heterocycles. The summed E-state index contributed by atoms with van der Waals surface area (Å²) in [6.45, 7) is 0.713. The number of nitrogens with one attached hydrogen (secondary N) is 2. The SMILES string of the molecule is O=C1NC(=O)C2(CCN(C(=O)[C@@H]3C[C@@H]3C(=O)O)CC2)N1. The lowest BCUT2D eigenvalue weighted by Crippen LogP contribution is -2.56. The van der Waals surface area contributed by atoms with Crippen molar-refractivity contribution >= 4 is 23.8 Å². The fourth-order valence-electron chi connectivity index (χ4n) is 2.96. The van der Waals surface area contributed by atoms with E-state index in [4.69, 9.17) is 5.11 Å². The summed E-state index contributed by atoms with van der Waals surface area (Å²) in [5.41, 5.74) is -0.899. The summed E-state index contributed by atoms with van der Waals surface area (Å²) in [5, 5.41) is 13.7. The van der Waals surface area contributed by atoms with Crippen LogP contribution in [-0.2, 0) is 14.4 Å². The average Bonchev–Trinajstić information content (AvgIpc) is 3.14. The molecule has 8 nitrogen and oxygen atoms in total. The summed E-state index contributed by atoms with van der Waals surface area (Å²) in [5.74, 6) is -2.41. The lowest BCUT2D eigenvalue weighted by atomic mass is 9.87. The summed E-state index contributed by atoms with van der Waals surface area (Å²) in [4.78, 5) is 47.4. The van der Waals surface area contributed by atoms with Crippen molar-refractivity contribution in [1.82, 2.24) is 15.5 Å². The van der Waals surface area contributed by atoms with Crippen LogP contribution in [0.25, 0.3) is 0 Å². The standard InChI is InChI=1S/C12H15N3O5/c16-8(6-5-7(6)9(17)18)15-3-1-12(2-4-15)10(19)13-11(20)14-12/h6-7H,1-5H2,(H,17,18)(H2,13,14,19,20)/t6-,7+/m1/s1. The molecule has 0 aromatic rings. The van der Waals surface area contributed by atoms with Crippen molar-refractivity contribution in [1.29, 1.82) is 0 Å². The molecule has 3 N–H and O–H groups in total. The number of carbonyl (C=O) groups is 4. The maximum Gasteiger partial charge on any atom is 0.322 e. The first-order valence-corrected chi connectivity index (χ1v) is 6.58. The first-order chi connectivity index (χ1) is 9.43. The third kappa shape index (κ3) is 1.91. The minimum absolute atomic E-state index is 0.156. The van der Waals surface area contributed by atoms with Gasteiger partial charge in [0.2, 0.25) is 5.91 Å². The number of carboxylic acids is 1. The second kappa shape index (κ2) is 4.19. The Kier molecular flexibility index (Phi) is 2.70. The largest absolute Gasteiger partial charge is 0.481 e. The number of hydrogen-bond donors (Lipinski definition) is 3. The molecule has 3 aliphatic rings. The molecule has 1 aliphatic carbocycles. The van der Waals surface area contributed by atoms with Gasteiger partial charge in [-0.3, -0.25) is 19.7 Å². The Bertz CT molecular complexity index is 509. The molecule has 0 radical (unpaired) electrons. The number of nitrogens with zero attached hydrogens (tertiary/aromatic N) is 1. The van der Waals surface area contributed by atoms with Gasteiger partial charge in [0.25, 0.3) is 5.91 Å². The number of piperidine rings is 1. The number of carbonyl (C=O) groups excluding carboxylic acids is 3. The molecule has 0 unspecified atom stereocenters. The molecule has 0 aromatic heterocycles. The van der Waals surface area contributed by atoms with Crippen LogP contribution in [-0.4, -0.2) is 52.4 Å². The van der Waals surface area contributed by atoms with Crippen molar-refractivity contribution < 1.29 is 24.3 Å². The van der Waals surface area contributed by atoms with E-state index in [1.54, 1.807) is 4.90 Å². The molecule has 3 fully saturated rings. The maximum absolute atomic E-state index is 12.1. The number of likely N-dealkylation sites (tertiary alicyclic amines) is 1. The molecular formula is C12H15N3O5. The van der Waals surface area contributed by atoms with Crippen LogP contribution in [0.1, 0.15) is 19.3 Å². The number of aliphatic carboxylic acids is 1. The van der Waals surface area contributed by atoms with Gasteiger partial charge < -0.3 is 15.3 Å². The number of rotatable bonds is 2. The first-order valence-electron chi connectivity index (χ1n) is 6.58. The van der Waals surface area contributed by atoms with Crippen LogP contribution in [0.4, 0.5) is 4.79 Å². The number of amides is 4. The molecule has 20 heavy (non-hydrogen) atoms. The van der Waals surface area contributed by atoms with E-state index < -0.39 is 29.4 Å². The molecule has 4 amide bonds. The predicted molar refractivity (Wildman–Crippen MR) is 64.5 cm³/mol. The smallest absolute Gasteiger partial charge is 0.322 e. The Labute approximate surface area is 114 Å². The lowest BCUT2D eigenvalue weighted by molar-refractivity contribution is -0.142. The third-order valence-electron chi connectivity index (χ3n) is 4.37. The Balaban J connectivity index is 1.59. The van der Waals surface area contributed by atoms with Crippen LogP contribution in [0.3, 0.4) is 0 Å². The summed E-state index contributed by atoms with van der Waals surface area (Å²) < 4.78 is 0. The molecule has 2 atom stereocenters.